The van der Waals surface area contributed by atoms with Crippen LogP contribution < -0.4 is 10.6 Å². The highest BCUT2D eigenvalue weighted by Gasteiger charge is 2.56. The molecule has 2 amide bonds. The number of hydrogen-bond acceptors (Lipinski definition) is 2. The maximum absolute atomic E-state index is 13.8. The fraction of sp³-hybridized carbons (Fsp3) is 0.333. The van der Waals surface area contributed by atoms with E-state index < -0.39 is 28.9 Å². The maximum atomic E-state index is 13.8. The fourth-order valence-electron chi connectivity index (χ4n) is 3.00. The molecule has 0 saturated heterocycles. The van der Waals surface area contributed by atoms with Gasteiger partial charge in [0.2, 0.25) is 11.8 Å². The molecule has 6 heteroatoms. The number of amides is 2. The minimum absolute atomic E-state index is 0.143. The zero-order chi connectivity index (χ0) is 19.8. The SMILES string of the molecule is CC(C)(C)c1ccccc1NC(=O)C1(C(=O)Nc2ccc(F)cc2F)CC1. The molecule has 1 aliphatic rings. The number of para-hydroxylation sites is 1. The van der Waals surface area contributed by atoms with E-state index in [-0.39, 0.29) is 11.1 Å². The van der Waals surface area contributed by atoms with Gasteiger partial charge in [0.25, 0.3) is 0 Å². The maximum Gasteiger partial charge on any atom is 0.240 e. The molecule has 0 aliphatic heterocycles. The van der Waals surface area contributed by atoms with Crippen molar-refractivity contribution in [1.82, 2.24) is 0 Å². The minimum Gasteiger partial charge on any atom is -0.325 e. The first-order chi connectivity index (χ1) is 12.6. The molecule has 3 rings (SSSR count). The van der Waals surface area contributed by atoms with Crippen LogP contribution in [0, 0.1) is 17.0 Å². The molecule has 1 fully saturated rings. The zero-order valence-electron chi connectivity index (χ0n) is 15.5. The Kier molecular flexibility index (Phi) is 4.76. The van der Waals surface area contributed by atoms with Gasteiger partial charge in [-0.2, -0.15) is 0 Å². The predicted octanol–water partition coefficient (Wildman–Crippen LogP) is 4.62. The summed E-state index contributed by atoms with van der Waals surface area (Å²) < 4.78 is 26.8. The topological polar surface area (TPSA) is 58.2 Å². The molecule has 0 bridgehead atoms. The molecule has 0 heterocycles. The van der Waals surface area contributed by atoms with Gasteiger partial charge < -0.3 is 10.6 Å². The second-order valence-corrected chi connectivity index (χ2v) is 7.91. The first-order valence-electron chi connectivity index (χ1n) is 8.81. The minimum atomic E-state index is -1.23. The van der Waals surface area contributed by atoms with Crippen molar-refractivity contribution in [2.24, 2.45) is 5.41 Å². The molecule has 0 radical (unpaired) electrons. The average Bonchev–Trinajstić information content (AvgIpc) is 3.39. The third-order valence-electron chi connectivity index (χ3n) is 4.78. The highest BCUT2D eigenvalue weighted by Crippen LogP contribution is 2.48. The molecule has 2 aromatic carbocycles. The van der Waals surface area contributed by atoms with Crippen LogP contribution in [-0.2, 0) is 15.0 Å². The average molecular weight is 372 g/mol. The summed E-state index contributed by atoms with van der Waals surface area (Å²) in [5.74, 6) is -2.61. The van der Waals surface area contributed by atoms with E-state index in [1.165, 1.54) is 0 Å². The number of benzene rings is 2. The van der Waals surface area contributed by atoms with Crippen LogP contribution in [0.3, 0.4) is 0 Å². The summed E-state index contributed by atoms with van der Waals surface area (Å²) in [4.78, 5) is 25.4. The third-order valence-corrected chi connectivity index (χ3v) is 4.78. The van der Waals surface area contributed by atoms with E-state index in [9.17, 15) is 18.4 Å². The quantitative estimate of drug-likeness (QED) is 0.770. The van der Waals surface area contributed by atoms with E-state index in [0.29, 0.717) is 24.6 Å². The Hall–Kier alpha value is -2.76. The monoisotopic (exact) mass is 372 g/mol. The Balaban J connectivity index is 1.78. The van der Waals surface area contributed by atoms with Crippen molar-refractivity contribution in [3.8, 4) is 0 Å². The molecule has 1 aliphatic carbocycles. The van der Waals surface area contributed by atoms with E-state index in [4.69, 9.17) is 0 Å². The van der Waals surface area contributed by atoms with Gasteiger partial charge >= 0.3 is 0 Å². The molecule has 0 aromatic heterocycles. The van der Waals surface area contributed by atoms with Crippen LogP contribution in [0.4, 0.5) is 20.2 Å². The van der Waals surface area contributed by atoms with E-state index in [1.54, 1.807) is 6.07 Å². The summed E-state index contributed by atoms with van der Waals surface area (Å²) in [6.07, 6.45) is 0.760. The number of halogens is 2. The summed E-state index contributed by atoms with van der Waals surface area (Å²) in [5.41, 5.74) is 0.0584. The lowest BCUT2D eigenvalue weighted by Crippen LogP contribution is -2.36. The lowest BCUT2D eigenvalue weighted by atomic mass is 9.85. The van der Waals surface area contributed by atoms with Gasteiger partial charge in [-0.05, 0) is 42.0 Å². The van der Waals surface area contributed by atoms with Crippen LogP contribution in [0.2, 0.25) is 0 Å². The lowest BCUT2D eigenvalue weighted by molar-refractivity contribution is -0.131. The molecule has 4 nitrogen and oxygen atoms in total. The molecule has 2 N–H and O–H groups in total. The van der Waals surface area contributed by atoms with Crippen molar-refractivity contribution in [3.63, 3.8) is 0 Å². The molecule has 0 unspecified atom stereocenters. The number of carbonyl (C=O) groups is 2. The summed E-state index contributed by atoms with van der Waals surface area (Å²) in [5, 5.41) is 5.27. The summed E-state index contributed by atoms with van der Waals surface area (Å²) in [6.45, 7) is 6.11. The van der Waals surface area contributed by atoms with Crippen molar-refractivity contribution in [1.29, 1.82) is 0 Å². The number of nitrogens with one attached hydrogen (secondary N) is 2. The normalized spacial score (nSPS) is 15.1. The lowest BCUT2D eigenvalue weighted by Gasteiger charge is -2.24. The van der Waals surface area contributed by atoms with Crippen molar-refractivity contribution < 1.29 is 18.4 Å². The Morgan fingerprint density at radius 3 is 2.07 bits per heavy atom. The Morgan fingerprint density at radius 2 is 1.52 bits per heavy atom. The Morgan fingerprint density at radius 1 is 0.926 bits per heavy atom. The third kappa shape index (κ3) is 3.84. The first-order valence-corrected chi connectivity index (χ1v) is 8.81. The van der Waals surface area contributed by atoms with E-state index in [2.05, 4.69) is 10.6 Å². The van der Waals surface area contributed by atoms with E-state index in [0.717, 1.165) is 17.7 Å². The zero-order valence-corrected chi connectivity index (χ0v) is 15.5. The molecule has 0 atom stereocenters. The summed E-state index contributed by atoms with van der Waals surface area (Å²) in [6, 6.07) is 10.3. The molecule has 142 valence electrons. The Labute approximate surface area is 157 Å². The summed E-state index contributed by atoms with van der Waals surface area (Å²) >= 11 is 0. The fourth-order valence-corrected chi connectivity index (χ4v) is 3.00. The molecular weight excluding hydrogens is 350 g/mol. The van der Waals surface area contributed by atoms with Gasteiger partial charge in [-0.15, -0.1) is 0 Å². The summed E-state index contributed by atoms with van der Waals surface area (Å²) in [7, 11) is 0. The van der Waals surface area contributed by atoms with Crippen LogP contribution in [0.5, 0.6) is 0 Å². The predicted molar refractivity (Wildman–Crippen MR) is 100 cm³/mol. The van der Waals surface area contributed by atoms with Crippen molar-refractivity contribution >= 4 is 23.2 Å². The van der Waals surface area contributed by atoms with Crippen molar-refractivity contribution in [2.45, 2.75) is 39.0 Å². The highest BCUT2D eigenvalue weighted by atomic mass is 19.1. The van der Waals surface area contributed by atoms with Crippen molar-refractivity contribution in [2.75, 3.05) is 10.6 Å². The number of anilines is 2. The van der Waals surface area contributed by atoms with Crippen LogP contribution in [0.1, 0.15) is 39.2 Å². The van der Waals surface area contributed by atoms with Crippen LogP contribution >= 0.6 is 0 Å². The van der Waals surface area contributed by atoms with Gasteiger partial charge in [0.05, 0.1) is 5.69 Å². The van der Waals surface area contributed by atoms with E-state index >= 15 is 0 Å². The molecule has 0 spiro atoms. The van der Waals surface area contributed by atoms with Gasteiger partial charge in [0.1, 0.15) is 17.0 Å². The number of hydrogen-bond donors (Lipinski definition) is 2. The number of carbonyl (C=O) groups excluding carboxylic acids is 2. The second kappa shape index (κ2) is 6.76. The largest absolute Gasteiger partial charge is 0.325 e. The van der Waals surface area contributed by atoms with Crippen LogP contribution in [0.25, 0.3) is 0 Å². The van der Waals surface area contributed by atoms with Crippen LogP contribution in [-0.4, -0.2) is 11.8 Å². The standard InChI is InChI=1S/C21H22F2N2O2/c1-20(2,3)14-6-4-5-7-16(14)24-18(26)21(10-11-21)19(27)25-17-9-8-13(22)12-15(17)23/h4-9,12H,10-11H2,1-3H3,(H,24,26)(H,25,27). The van der Waals surface area contributed by atoms with Gasteiger partial charge in [-0.3, -0.25) is 9.59 Å². The second-order valence-electron chi connectivity index (χ2n) is 7.91. The van der Waals surface area contributed by atoms with Gasteiger partial charge in [0.15, 0.2) is 0 Å². The molecule has 27 heavy (non-hydrogen) atoms. The smallest absolute Gasteiger partial charge is 0.240 e. The van der Waals surface area contributed by atoms with Crippen LogP contribution in [0.15, 0.2) is 42.5 Å². The number of rotatable bonds is 4. The van der Waals surface area contributed by atoms with Crippen molar-refractivity contribution in [3.05, 3.63) is 59.7 Å². The van der Waals surface area contributed by atoms with Gasteiger partial charge in [-0.25, -0.2) is 8.78 Å². The van der Waals surface area contributed by atoms with Gasteiger partial charge in [0, 0.05) is 11.8 Å². The van der Waals surface area contributed by atoms with Gasteiger partial charge in [-0.1, -0.05) is 39.0 Å². The molecule has 1 saturated carbocycles. The Bertz CT molecular complexity index is 899. The molecule has 2 aromatic rings. The van der Waals surface area contributed by atoms with E-state index in [1.807, 2.05) is 39.0 Å². The highest BCUT2D eigenvalue weighted by molar-refractivity contribution is 6.17. The first kappa shape index (κ1) is 19.0. The molecular formula is C21H22F2N2O2.